The molecule has 0 saturated heterocycles. The second kappa shape index (κ2) is 12.8. The summed E-state index contributed by atoms with van der Waals surface area (Å²) in [5.41, 5.74) is 4.99. The average molecular weight is 557 g/mol. The Hall–Kier alpha value is -3.55. The van der Waals surface area contributed by atoms with Crippen molar-refractivity contribution in [3.63, 3.8) is 0 Å². The Labute approximate surface area is 235 Å². The summed E-state index contributed by atoms with van der Waals surface area (Å²) in [6.07, 6.45) is 4.51. The van der Waals surface area contributed by atoms with Crippen LogP contribution in [0.3, 0.4) is 0 Å². The van der Waals surface area contributed by atoms with E-state index in [0.717, 1.165) is 30.1 Å². The molecule has 7 heteroatoms. The van der Waals surface area contributed by atoms with E-state index < -0.39 is 0 Å². The molecule has 0 aromatic heterocycles. The van der Waals surface area contributed by atoms with Gasteiger partial charge in [-0.3, -0.25) is 0 Å². The fraction of sp³-hybridized carbons (Fsp3) is 0.290. The van der Waals surface area contributed by atoms with Crippen molar-refractivity contribution < 1.29 is 31.4 Å². The molecular weight excluding hydrogens is 521 g/mol. The Morgan fingerprint density at radius 2 is 1.79 bits per heavy atom. The van der Waals surface area contributed by atoms with E-state index >= 15 is 0 Å². The fourth-order valence-corrected chi connectivity index (χ4v) is 4.92. The summed E-state index contributed by atoms with van der Waals surface area (Å²) < 4.78 is 11.3. The van der Waals surface area contributed by atoms with Crippen molar-refractivity contribution >= 4 is 17.8 Å². The molecule has 1 radical (unpaired) electrons. The Kier molecular flexibility index (Phi) is 9.77. The van der Waals surface area contributed by atoms with Crippen molar-refractivity contribution in [1.82, 2.24) is 0 Å². The van der Waals surface area contributed by atoms with Gasteiger partial charge >= 0.3 is 0 Å². The summed E-state index contributed by atoms with van der Waals surface area (Å²) in [6.45, 7) is 9.13. The molecule has 0 bridgehead atoms. The number of ether oxygens (including phenoxy) is 2. The van der Waals surface area contributed by atoms with E-state index in [-0.39, 0.29) is 34.2 Å². The molecule has 1 heterocycles. The van der Waals surface area contributed by atoms with Crippen LogP contribution in [0.25, 0.3) is 0 Å². The molecule has 3 aromatic rings. The van der Waals surface area contributed by atoms with Crippen LogP contribution in [-0.2, 0) is 28.6 Å². The van der Waals surface area contributed by atoms with Crippen molar-refractivity contribution in [3.8, 4) is 11.5 Å². The zero-order valence-corrected chi connectivity index (χ0v) is 23.6. The van der Waals surface area contributed by atoms with Gasteiger partial charge < -0.3 is 19.5 Å². The summed E-state index contributed by atoms with van der Waals surface area (Å²) in [4.78, 5) is 2.31. The van der Waals surface area contributed by atoms with Gasteiger partial charge in [-0.1, -0.05) is 36.4 Å². The normalized spacial score (nSPS) is 18.1. The third-order valence-corrected chi connectivity index (χ3v) is 6.58. The number of nitrogens with zero attached hydrogens (tertiary/aromatic N) is 3. The monoisotopic (exact) mass is 556 g/mol. The van der Waals surface area contributed by atoms with Gasteiger partial charge in [0.1, 0.15) is 11.5 Å². The third kappa shape index (κ3) is 6.29. The minimum Gasteiger partial charge on any atom is -0.497 e. The summed E-state index contributed by atoms with van der Waals surface area (Å²) in [6, 6.07) is 23.9. The standard InChI is InChI=1S/C31H35N3O3.Co/c1-6-34-28-16-15-25(36-5)20-27(28)31(4,21-23-11-8-7-9-12-23)29(34)17-18-32-33-30(35)24-13-10-14-26(19-24)37-22(2)3;/h7-20,22H,6,21H2,1-5H3,(H,33,35);/b29-17-,32-18+;. The van der Waals surface area contributed by atoms with Gasteiger partial charge in [0.25, 0.3) is 0 Å². The molecule has 0 spiro atoms. The smallest absolute Gasteiger partial charge is 0.238 e. The second-order valence-electron chi connectivity index (χ2n) is 9.56. The van der Waals surface area contributed by atoms with E-state index in [4.69, 9.17) is 9.47 Å². The number of allylic oxidation sites excluding steroid dienone is 2. The van der Waals surface area contributed by atoms with Gasteiger partial charge in [-0.15, -0.1) is 5.10 Å². The van der Waals surface area contributed by atoms with Crippen LogP contribution in [0.15, 0.2) is 94.8 Å². The zero-order chi connectivity index (χ0) is 26.4. The number of hydrogen-bond acceptors (Lipinski definition) is 5. The van der Waals surface area contributed by atoms with E-state index in [2.05, 4.69) is 65.3 Å². The molecule has 1 N–H and O–H groups in total. The van der Waals surface area contributed by atoms with Crippen molar-refractivity contribution in [2.45, 2.75) is 45.6 Å². The van der Waals surface area contributed by atoms with E-state index in [0.29, 0.717) is 11.3 Å². The van der Waals surface area contributed by atoms with Gasteiger partial charge in [0.2, 0.25) is 5.90 Å². The summed E-state index contributed by atoms with van der Waals surface area (Å²) in [5, 5.41) is 18.7. The first kappa shape index (κ1) is 29.0. The minimum absolute atomic E-state index is 0. The Bertz CT molecular complexity index is 1320. The molecule has 38 heavy (non-hydrogen) atoms. The van der Waals surface area contributed by atoms with Gasteiger partial charge in [-0.25, -0.2) is 0 Å². The number of fused-ring (bicyclic) bond motifs is 1. The second-order valence-corrected chi connectivity index (χ2v) is 9.56. The van der Waals surface area contributed by atoms with Crippen molar-refractivity contribution in [2.75, 3.05) is 18.6 Å². The van der Waals surface area contributed by atoms with Crippen LogP contribution in [0.2, 0.25) is 0 Å². The maximum absolute atomic E-state index is 10.5. The molecule has 1 atom stereocenters. The molecule has 0 amide bonds. The summed E-state index contributed by atoms with van der Waals surface area (Å²) in [7, 11) is 1.70. The van der Waals surface area contributed by atoms with Crippen LogP contribution >= 0.6 is 0 Å². The van der Waals surface area contributed by atoms with Crippen LogP contribution in [0.5, 0.6) is 11.5 Å². The fourth-order valence-electron chi connectivity index (χ4n) is 4.92. The molecule has 201 valence electrons. The maximum atomic E-state index is 10.5. The largest absolute Gasteiger partial charge is 0.497 e. The van der Waals surface area contributed by atoms with Crippen molar-refractivity contribution in [2.24, 2.45) is 10.2 Å². The van der Waals surface area contributed by atoms with Gasteiger partial charge in [0.05, 0.1) is 19.4 Å². The summed E-state index contributed by atoms with van der Waals surface area (Å²) >= 11 is 0. The Morgan fingerprint density at radius 3 is 2.47 bits per heavy atom. The van der Waals surface area contributed by atoms with Crippen molar-refractivity contribution in [1.29, 1.82) is 0 Å². The number of hydrogen-bond donors (Lipinski definition) is 1. The maximum Gasteiger partial charge on any atom is 0.238 e. The van der Waals surface area contributed by atoms with Crippen molar-refractivity contribution in [3.05, 3.63) is 101 Å². The molecule has 0 fully saturated rings. The number of benzene rings is 3. The minimum atomic E-state index is -0.304. The third-order valence-electron chi connectivity index (χ3n) is 6.58. The van der Waals surface area contributed by atoms with E-state index in [1.54, 1.807) is 25.5 Å². The van der Waals surface area contributed by atoms with Crippen LogP contribution < -0.4 is 14.4 Å². The Morgan fingerprint density at radius 1 is 1.03 bits per heavy atom. The predicted molar refractivity (Wildman–Crippen MR) is 151 cm³/mol. The molecule has 0 saturated carbocycles. The van der Waals surface area contributed by atoms with Gasteiger partial charge in [0, 0.05) is 45.7 Å². The van der Waals surface area contributed by atoms with Gasteiger partial charge in [0.15, 0.2) is 0 Å². The summed E-state index contributed by atoms with van der Waals surface area (Å²) in [5.74, 6) is 1.35. The molecular formula is C31H35CoN3O3. The van der Waals surface area contributed by atoms with E-state index in [1.165, 1.54) is 11.1 Å². The molecule has 1 aliphatic rings. The molecule has 1 aliphatic heterocycles. The molecule has 3 aromatic carbocycles. The number of anilines is 1. The first-order valence-electron chi connectivity index (χ1n) is 12.6. The van der Waals surface area contributed by atoms with Gasteiger partial charge in [-0.2, -0.15) is 5.10 Å². The van der Waals surface area contributed by atoms with Gasteiger partial charge in [-0.05, 0) is 87.7 Å². The zero-order valence-electron chi connectivity index (χ0n) is 22.5. The molecule has 1 unspecified atom stereocenters. The van der Waals surface area contributed by atoms with Crippen LogP contribution in [0.4, 0.5) is 5.69 Å². The topological polar surface area (TPSA) is 66.7 Å². The molecule has 6 nitrogen and oxygen atoms in total. The number of likely N-dealkylation sites (N-methyl/N-ethyl adjacent to an activating group) is 1. The number of rotatable bonds is 9. The quantitative estimate of drug-likeness (QED) is 0.181. The van der Waals surface area contributed by atoms with Crippen LogP contribution in [-0.4, -0.2) is 37.0 Å². The van der Waals surface area contributed by atoms with E-state index in [1.807, 2.05) is 44.2 Å². The van der Waals surface area contributed by atoms with Crippen LogP contribution in [0, 0.1) is 0 Å². The molecule has 0 aliphatic carbocycles. The SMILES string of the molecule is CCN1\C(=C/C=N/N=C(\O)c2cccc(OC(C)C)c2)C(C)(Cc2ccccc2)c2cc(OC)ccc21.[Co]. The number of aliphatic hydroxyl groups excluding tert-OH is 1. The molecule has 4 rings (SSSR count). The predicted octanol–water partition coefficient (Wildman–Crippen LogP) is 6.69. The average Bonchev–Trinajstić information content (AvgIpc) is 3.13. The number of methoxy groups -OCH3 is 1. The first-order valence-corrected chi connectivity index (χ1v) is 12.6. The number of aliphatic hydroxyl groups is 1. The first-order chi connectivity index (χ1) is 17.9. The Balaban J connectivity index is 0.00000400. The van der Waals surface area contributed by atoms with E-state index in [9.17, 15) is 5.11 Å². The van der Waals surface area contributed by atoms with Crippen LogP contribution in [0.1, 0.15) is 44.4 Å².